The molecule has 115 heavy (non-hydrogen) atoms. The molecule has 2 unspecified atom stereocenters. The smallest absolute Gasteiger partial charge is 0.329 e. The van der Waals surface area contributed by atoms with Crippen LogP contribution in [-0.4, -0.2) is 324 Å². The molecule has 39 nitrogen and oxygen atoms in total. The van der Waals surface area contributed by atoms with Crippen LogP contribution in [0.1, 0.15) is 88.1 Å². The Balaban J connectivity index is 1.66. The number of aliphatic imine (C=N–C) groups is 13. The number of nitrogens with zero attached hydrogens (tertiary/aromatic N) is 15. The number of carbonyl (C=O) groups is 1. The van der Waals surface area contributed by atoms with Crippen LogP contribution in [-0.2, 0) is 30.5 Å². The zero-order valence-corrected chi connectivity index (χ0v) is 64.9. The number of rotatable bonds is 26. The van der Waals surface area contributed by atoms with E-state index in [0.29, 0.717) is 40.4 Å². The third kappa shape index (κ3) is 30.6. The van der Waals surface area contributed by atoms with Crippen LogP contribution in [0.2, 0.25) is 0 Å². The van der Waals surface area contributed by atoms with Crippen LogP contribution in [0, 0.1) is 5.41 Å². The molecule has 0 saturated carbocycles. The summed E-state index contributed by atoms with van der Waals surface area (Å²) >= 11 is 0. The predicted octanol–water partition coefficient (Wildman–Crippen LogP) is 5.85. The van der Waals surface area contributed by atoms with Crippen LogP contribution in [0.5, 0.6) is 0 Å². The average molecular weight is 1640 g/mol. The maximum Gasteiger partial charge on any atom is 0.329 e. The number of unbranched alkanes of at least 4 members (excludes halogenated alkanes) is 2. The molecule has 624 valence electrons. The first-order valence-electron chi connectivity index (χ1n) is 36.6. The highest BCUT2D eigenvalue weighted by molar-refractivity contribution is 8.76. The number of carboxylic acid groups (broad SMARTS) is 1. The van der Waals surface area contributed by atoms with Crippen molar-refractivity contribution in [2.24, 2.45) is 82.1 Å². The summed E-state index contributed by atoms with van der Waals surface area (Å²) < 4.78 is 0. The van der Waals surface area contributed by atoms with E-state index in [9.17, 15) is 96.7 Å². The topological polar surface area (TPSA) is 685 Å². The first kappa shape index (κ1) is 92.7. The number of aromatic nitrogens is 3. The Morgan fingerprint density at radius 1 is 0.530 bits per heavy atom. The molecule has 0 bridgehead atoms. The predicted molar refractivity (Wildman–Crippen MR) is 447 cm³/mol. The lowest BCUT2D eigenvalue weighted by atomic mass is 10.0. The molecule has 0 fully saturated rings. The first-order chi connectivity index (χ1) is 54.9. The molecule has 3 aromatic carbocycles. The summed E-state index contributed by atoms with van der Waals surface area (Å²) in [7, 11) is 1.56. The van der Waals surface area contributed by atoms with Gasteiger partial charge in [-0.3, -0.25) is 15.4 Å². The second-order valence-corrected chi connectivity index (χ2v) is 29.1. The second-order valence-electron chi connectivity index (χ2n) is 26.6. The molecular weight excluding hydrogens is 1540 g/mol. The zero-order valence-electron chi connectivity index (χ0n) is 63.3. The number of carboxylic acids is 1. The molecule has 0 aliphatic carbocycles. The number of nitrogens with two attached hydrogens (primary N) is 3. The molecule has 0 saturated heterocycles. The van der Waals surface area contributed by atoms with Gasteiger partial charge in [0.2, 0.25) is 70.8 Å². The van der Waals surface area contributed by atoms with Gasteiger partial charge >= 0.3 is 5.97 Å². The minimum Gasteiger partial charge on any atom is -0.497 e. The Kier molecular flexibility index (Phi) is 38.2. The molecule has 26 N–H and O–H groups in total. The van der Waals surface area contributed by atoms with Crippen LogP contribution in [0.15, 0.2) is 175 Å². The van der Waals surface area contributed by atoms with Crippen molar-refractivity contribution < 1.29 is 96.7 Å². The highest BCUT2D eigenvalue weighted by Crippen LogP contribution is 2.27. The Labute approximate surface area is 669 Å². The van der Waals surface area contributed by atoms with Crippen LogP contribution in [0.3, 0.4) is 0 Å². The highest BCUT2D eigenvalue weighted by atomic mass is 33.1. The van der Waals surface area contributed by atoms with Crippen molar-refractivity contribution >= 4 is 121 Å². The quantitative estimate of drug-likeness (QED) is 0.0134. The van der Waals surface area contributed by atoms with Crippen molar-refractivity contribution in [2.45, 2.75) is 182 Å². The number of fused-ring (bicyclic) bond motifs is 1. The lowest BCUT2D eigenvalue weighted by molar-refractivity contribution is -0.137. The van der Waals surface area contributed by atoms with Gasteiger partial charge in [-0.05, 0) is 95.1 Å². The molecule has 0 amide bonds. The molecule has 0 spiro atoms. The fourth-order valence-corrected chi connectivity index (χ4v) is 13.3. The fourth-order valence-electron chi connectivity index (χ4n) is 11.1. The van der Waals surface area contributed by atoms with Gasteiger partial charge < -0.3 is 114 Å². The van der Waals surface area contributed by atoms with E-state index in [4.69, 9.17) is 22.6 Å². The summed E-state index contributed by atoms with van der Waals surface area (Å²) in [5, 5.41) is 216. The number of aliphatic hydroxyl groups excluding tert-OH is 17. The van der Waals surface area contributed by atoms with Gasteiger partial charge in [-0.25, -0.2) is 69.7 Å². The summed E-state index contributed by atoms with van der Waals surface area (Å²) in [4.78, 5) is 79.4. The number of benzene rings is 3. The van der Waals surface area contributed by atoms with E-state index < -0.39 is 210 Å². The maximum atomic E-state index is 12.8. The number of aliphatic carboxylic acids is 1. The number of aromatic amines is 1. The van der Waals surface area contributed by atoms with Crippen molar-refractivity contribution in [3.05, 3.63) is 132 Å². The molecule has 3 heterocycles. The minimum absolute atomic E-state index is 0.129. The van der Waals surface area contributed by atoms with Crippen LogP contribution in [0.4, 0.5) is 0 Å². The van der Waals surface area contributed by atoms with E-state index in [1.54, 1.807) is 91.1 Å². The largest absolute Gasteiger partial charge is 0.497 e. The van der Waals surface area contributed by atoms with Gasteiger partial charge in [-0.1, -0.05) is 100 Å². The fraction of sp³-hybridized carbons (Fsp3) is 0.473. The molecule has 5 aromatic rings. The van der Waals surface area contributed by atoms with Crippen LogP contribution >= 0.6 is 21.6 Å². The van der Waals surface area contributed by atoms with E-state index >= 15 is 0 Å². The lowest BCUT2D eigenvalue weighted by Crippen LogP contribution is -2.38. The monoisotopic (exact) mass is 1640 g/mol. The van der Waals surface area contributed by atoms with E-state index in [-0.39, 0.29) is 70.2 Å². The number of H-pyrrole nitrogens is 1. The molecular formula is C74H102N20O19S2. The van der Waals surface area contributed by atoms with Crippen LogP contribution in [0.25, 0.3) is 10.9 Å². The highest BCUT2D eigenvalue weighted by Gasteiger charge is 2.34. The molecule has 41 heteroatoms. The molecule has 2 aromatic heterocycles. The number of nitrogens with one attached hydrogen (secondary N) is 2. The Morgan fingerprint density at radius 3 is 1.48 bits per heavy atom. The van der Waals surface area contributed by atoms with Crippen molar-refractivity contribution in [3.8, 4) is 0 Å². The number of para-hydroxylation sites is 1. The zero-order chi connectivity index (χ0) is 84.3. The molecule has 1 aliphatic heterocycles. The van der Waals surface area contributed by atoms with Crippen molar-refractivity contribution in [3.63, 3.8) is 0 Å². The van der Waals surface area contributed by atoms with Gasteiger partial charge in [-0.15, -0.1) is 0 Å². The lowest BCUT2D eigenvalue weighted by Gasteiger charge is -2.21. The van der Waals surface area contributed by atoms with Gasteiger partial charge in [-0.2, -0.15) is 0 Å². The van der Waals surface area contributed by atoms with Crippen LogP contribution < -0.4 is 17.2 Å². The summed E-state index contributed by atoms with van der Waals surface area (Å²) in [5.41, 5.74) is 19.8. The second kappa shape index (κ2) is 47.5. The molecule has 15 atom stereocenters. The molecule has 6 rings (SSSR count). The molecule has 0 radical (unpaired) electrons. The van der Waals surface area contributed by atoms with E-state index in [0.717, 1.165) is 28.5 Å². The summed E-state index contributed by atoms with van der Waals surface area (Å²) in [6.45, 7) is 2.10. The van der Waals surface area contributed by atoms with Crippen molar-refractivity contribution in [1.82, 2.24) is 15.0 Å². The van der Waals surface area contributed by atoms with Gasteiger partial charge in [0.25, 0.3) is 0 Å². The maximum absolute atomic E-state index is 12.8. The van der Waals surface area contributed by atoms with E-state index in [1.165, 1.54) is 32.4 Å². The SMILES string of the molecule is CC(O)[C@H]1N=C(O)[C@H](Cc2ccccc2)N=C(O)[C@@H](C(C)O)N=C(O)[C@@H](CCCCN)N=C(O)[C@H](Cc2c[nH]c3ccccc23)N=C(O)[C@@H](Cc2cnccn2)N=C(O)[C@H](Cc2ccccc2)N=C(O)[C@@H](CC(=N)O)N=C(O)[C@H](CCCCN)N=C(O)[C@@H](N=C(O)CN=C(O)[C@H](C)N)CSSC[C@@H](C(=O)O)N=C(O)[C@H](CO)N=C1O. The molecule has 1 aliphatic rings. The van der Waals surface area contributed by atoms with Gasteiger partial charge in [0.05, 0.1) is 37.0 Å². The van der Waals surface area contributed by atoms with Crippen molar-refractivity contribution in [1.29, 1.82) is 5.41 Å². The van der Waals surface area contributed by atoms with Crippen molar-refractivity contribution in [2.75, 3.05) is 37.7 Å². The van der Waals surface area contributed by atoms with E-state index in [2.05, 4.69) is 79.9 Å². The number of hydrogen-bond acceptors (Lipinski definition) is 25. The van der Waals surface area contributed by atoms with Gasteiger partial charge in [0.1, 0.15) is 54.9 Å². The van der Waals surface area contributed by atoms with Gasteiger partial charge in [0.15, 0.2) is 36.0 Å². The normalized spacial score (nSPS) is 24.2. The van der Waals surface area contributed by atoms with Gasteiger partial charge in [0, 0.05) is 72.9 Å². The summed E-state index contributed by atoms with van der Waals surface area (Å²) in [6.07, 6.45) is 0.812. The summed E-state index contributed by atoms with van der Waals surface area (Å²) in [6, 6.07) is 1.57. The number of aliphatic hydroxyl groups is 17. The Morgan fingerprint density at radius 2 is 0.974 bits per heavy atom. The third-order valence-corrected chi connectivity index (χ3v) is 19.6. The minimum atomic E-state index is -1.97. The Bertz CT molecular complexity index is 4350. The summed E-state index contributed by atoms with van der Waals surface area (Å²) in [5.74, 6) is -15.9. The Hall–Kier alpha value is -11.2. The standard InChI is InChI=1S/C74H102N20O19S2/c1-39(77)62(100)82-35-59(99)83-56-37-114-115-38-57(74(112)113)92-70(108)55(36-95)91-73(111)61(41(3)97)94-69(107)51(29-43-18-8-5-9-19-43)90-72(110)60(40(2)96)93-64(102)49(23-13-15-25-76)84-66(104)52(30-44-33-81-47-21-11-10-20-46(44)47)87-67(105)53(31-45-34-79-26-27-80-45)88-65(103)50(28-42-16-6-4-7-17-42)86-68(106)54(32-58(78)98)89-63(101)48(85-71(56)109)22-12-14-24-75/h4-11,16-21,26-27,33-34,39-41,48-57,60-61,81,95-97H,12-15,22-25,28-32,35-38,75-77H2,1-3H3,(H2,78,98)(H,82,100)(H,83,99)(H,84,104)(H,85,109)(H,86,106)(H,87,105)(H,88,103)(H,89,101)(H,90,110)(H,91,111)(H,92,108)(H,93,102)(H,94,107)(H,112,113)/t39-,40?,41?,48-,49+,50-,51-,52-,53+,54+,55-,56-,57-,60+,61+/m0/s1. The number of hydrogen-bond donors (Lipinski definition) is 23. The third-order valence-electron chi connectivity index (χ3n) is 17.2. The average Bonchev–Trinajstić information content (AvgIpc) is 1.43. The first-order valence-corrected chi connectivity index (χ1v) is 39.0. The van der Waals surface area contributed by atoms with E-state index in [1.807, 2.05) is 0 Å².